The number of hydrogen-bond acceptors (Lipinski definition) is 3. The number of ether oxygens (including phenoxy) is 1. The van der Waals surface area contributed by atoms with Crippen molar-refractivity contribution >= 4 is 5.97 Å². The van der Waals surface area contributed by atoms with E-state index in [-0.39, 0.29) is 12.6 Å². The normalized spacial score (nSPS) is 20.8. The molecule has 0 saturated carbocycles. The first-order valence-electron chi connectivity index (χ1n) is 4.14. The second-order valence-electron chi connectivity index (χ2n) is 3.20. The molecule has 0 aromatic heterocycles. The fourth-order valence-corrected chi connectivity index (χ4v) is 1.47. The van der Waals surface area contributed by atoms with Crippen LogP contribution in [0, 0.1) is 6.92 Å². The van der Waals surface area contributed by atoms with Crippen LogP contribution in [-0.4, -0.2) is 17.7 Å². The van der Waals surface area contributed by atoms with Crippen LogP contribution in [0.3, 0.4) is 0 Å². The number of cyclic esters (lactones) is 1. The number of aliphatic hydroxyl groups is 1. The topological polar surface area (TPSA) is 46.5 Å². The highest BCUT2D eigenvalue weighted by molar-refractivity contribution is 5.92. The molecule has 0 fully saturated rings. The third-order valence-electron chi connectivity index (χ3n) is 2.16. The standard InChI is InChI=1S/C10H10O3/c1-6-2-3-7-8(4-6)9(11)5-13-10(7)12/h2-4,9,11H,5H2,1H3. The largest absolute Gasteiger partial charge is 0.459 e. The summed E-state index contributed by atoms with van der Waals surface area (Å²) in [6, 6.07) is 5.34. The van der Waals surface area contributed by atoms with Gasteiger partial charge in [0, 0.05) is 0 Å². The molecule has 0 saturated heterocycles. The van der Waals surface area contributed by atoms with Gasteiger partial charge in [0.05, 0.1) is 5.56 Å². The van der Waals surface area contributed by atoms with E-state index in [1.807, 2.05) is 19.1 Å². The zero-order valence-corrected chi connectivity index (χ0v) is 7.28. The fraction of sp³-hybridized carbons (Fsp3) is 0.300. The van der Waals surface area contributed by atoms with Gasteiger partial charge in [-0.05, 0) is 18.6 Å². The molecule has 2 rings (SSSR count). The van der Waals surface area contributed by atoms with Crippen LogP contribution >= 0.6 is 0 Å². The lowest BCUT2D eigenvalue weighted by Crippen LogP contribution is -2.22. The molecule has 1 aromatic carbocycles. The summed E-state index contributed by atoms with van der Waals surface area (Å²) in [5, 5.41) is 9.53. The van der Waals surface area contributed by atoms with Gasteiger partial charge in [-0.15, -0.1) is 0 Å². The molecule has 1 N–H and O–H groups in total. The first-order valence-corrected chi connectivity index (χ1v) is 4.14. The van der Waals surface area contributed by atoms with E-state index in [9.17, 15) is 9.90 Å². The molecule has 1 atom stereocenters. The van der Waals surface area contributed by atoms with E-state index in [0.717, 1.165) is 5.56 Å². The average Bonchev–Trinajstić information content (AvgIpc) is 2.12. The van der Waals surface area contributed by atoms with E-state index >= 15 is 0 Å². The molecule has 0 spiro atoms. The van der Waals surface area contributed by atoms with Gasteiger partial charge in [0.15, 0.2) is 0 Å². The van der Waals surface area contributed by atoms with Gasteiger partial charge in [-0.1, -0.05) is 17.7 Å². The SMILES string of the molecule is Cc1ccc2c(c1)C(O)COC2=O. The summed E-state index contributed by atoms with van der Waals surface area (Å²) in [5.74, 6) is -0.347. The Balaban J connectivity index is 2.57. The maximum absolute atomic E-state index is 11.2. The molecular formula is C10H10O3. The number of rotatable bonds is 0. The van der Waals surface area contributed by atoms with Gasteiger partial charge >= 0.3 is 5.97 Å². The molecule has 0 radical (unpaired) electrons. The van der Waals surface area contributed by atoms with Crippen LogP contribution in [0.4, 0.5) is 0 Å². The van der Waals surface area contributed by atoms with E-state index < -0.39 is 6.10 Å². The molecule has 68 valence electrons. The van der Waals surface area contributed by atoms with Gasteiger partial charge in [0.25, 0.3) is 0 Å². The summed E-state index contributed by atoms with van der Waals surface area (Å²) >= 11 is 0. The van der Waals surface area contributed by atoms with Crippen LogP contribution in [0.5, 0.6) is 0 Å². The number of fused-ring (bicyclic) bond motifs is 1. The molecule has 0 amide bonds. The van der Waals surface area contributed by atoms with Crippen molar-refractivity contribution in [3.8, 4) is 0 Å². The predicted octanol–water partition coefficient (Wildman–Crippen LogP) is 1.20. The lowest BCUT2D eigenvalue weighted by atomic mass is 9.98. The smallest absolute Gasteiger partial charge is 0.338 e. The number of aryl methyl sites for hydroxylation is 1. The number of hydrogen-bond donors (Lipinski definition) is 1. The first-order chi connectivity index (χ1) is 6.18. The summed E-state index contributed by atoms with van der Waals surface area (Å²) in [5.41, 5.74) is 2.19. The predicted molar refractivity (Wildman–Crippen MR) is 46.4 cm³/mol. The lowest BCUT2D eigenvalue weighted by molar-refractivity contribution is 0.0167. The van der Waals surface area contributed by atoms with Crippen molar-refractivity contribution in [3.05, 3.63) is 34.9 Å². The van der Waals surface area contributed by atoms with Crippen LogP contribution in [-0.2, 0) is 4.74 Å². The second-order valence-corrected chi connectivity index (χ2v) is 3.20. The lowest BCUT2D eigenvalue weighted by Gasteiger charge is -2.20. The zero-order chi connectivity index (χ0) is 9.42. The minimum absolute atomic E-state index is 0.0648. The molecule has 0 aliphatic carbocycles. The minimum atomic E-state index is -0.674. The highest BCUT2D eigenvalue weighted by Gasteiger charge is 2.24. The highest BCUT2D eigenvalue weighted by Crippen LogP contribution is 2.25. The van der Waals surface area contributed by atoms with Crippen molar-refractivity contribution < 1.29 is 14.6 Å². The minimum Gasteiger partial charge on any atom is -0.459 e. The van der Waals surface area contributed by atoms with Crippen LogP contribution in [0.15, 0.2) is 18.2 Å². The van der Waals surface area contributed by atoms with Gasteiger partial charge in [-0.25, -0.2) is 4.79 Å². The average molecular weight is 178 g/mol. The maximum atomic E-state index is 11.2. The van der Waals surface area contributed by atoms with E-state index in [1.165, 1.54) is 0 Å². The number of aliphatic hydroxyl groups excluding tert-OH is 1. The number of carbonyl (C=O) groups excluding carboxylic acids is 1. The van der Waals surface area contributed by atoms with E-state index in [2.05, 4.69) is 0 Å². The second kappa shape index (κ2) is 2.85. The van der Waals surface area contributed by atoms with Crippen molar-refractivity contribution in [2.75, 3.05) is 6.61 Å². The molecule has 1 unspecified atom stereocenters. The molecule has 1 heterocycles. The monoisotopic (exact) mass is 178 g/mol. The van der Waals surface area contributed by atoms with Crippen molar-refractivity contribution in [2.24, 2.45) is 0 Å². The Kier molecular flexibility index (Phi) is 1.81. The Morgan fingerprint density at radius 1 is 1.54 bits per heavy atom. The summed E-state index contributed by atoms with van der Waals surface area (Å²) in [6.45, 7) is 1.99. The highest BCUT2D eigenvalue weighted by atomic mass is 16.5. The van der Waals surface area contributed by atoms with Gasteiger partial charge < -0.3 is 9.84 Å². The summed E-state index contributed by atoms with van der Waals surface area (Å²) in [6.07, 6.45) is -0.674. The van der Waals surface area contributed by atoms with Crippen LogP contribution in [0.2, 0.25) is 0 Å². The summed E-state index contributed by atoms with van der Waals surface area (Å²) < 4.78 is 4.77. The molecule has 1 aromatic rings. The zero-order valence-electron chi connectivity index (χ0n) is 7.28. The maximum Gasteiger partial charge on any atom is 0.338 e. The Labute approximate surface area is 76.0 Å². The Morgan fingerprint density at radius 3 is 3.08 bits per heavy atom. The molecule has 13 heavy (non-hydrogen) atoms. The van der Waals surface area contributed by atoms with E-state index in [1.54, 1.807) is 6.07 Å². The van der Waals surface area contributed by atoms with Gasteiger partial charge in [0.1, 0.15) is 12.7 Å². The third-order valence-corrected chi connectivity index (χ3v) is 2.16. The van der Waals surface area contributed by atoms with E-state index in [0.29, 0.717) is 11.1 Å². The van der Waals surface area contributed by atoms with E-state index in [4.69, 9.17) is 4.74 Å². The van der Waals surface area contributed by atoms with Gasteiger partial charge in [0.2, 0.25) is 0 Å². The number of esters is 1. The van der Waals surface area contributed by atoms with Gasteiger partial charge in [-0.3, -0.25) is 0 Å². The van der Waals surface area contributed by atoms with Crippen LogP contribution in [0.1, 0.15) is 27.6 Å². The summed E-state index contributed by atoms with van der Waals surface area (Å²) in [4.78, 5) is 11.2. The molecule has 1 aliphatic heterocycles. The van der Waals surface area contributed by atoms with Crippen LogP contribution < -0.4 is 0 Å². The van der Waals surface area contributed by atoms with Crippen molar-refractivity contribution in [2.45, 2.75) is 13.0 Å². The van der Waals surface area contributed by atoms with Crippen molar-refractivity contribution in [1.82, 2.24) is 0 Å². The number of benzene rings is 1. The fourth-order valence-electron chi connectivity index (χ4n) is 1.47. The quantitative estimate of drug-likeness (QED) is 0.607. The van der Waals surface area contributed by atoms with Crippen molar-refractivity contribution in [1.29, 1.82) is 0 Å². The molecule has 1 aliphatic rings. The Hall–Kier alpha value is -1.35. The third kappa shape index (κ3) is 1.31. The Morgan fingerprint density at radius 2 is 2.31 bits per heavy atom. The van der Waals surface area contributed by atoms with Crippen LogP contribution in [0.25, 0.3) is 0 Å². The first kappa shape index (κ1) is 8.26. The Bertz CT molecular complexity index is 357. The molecule has 3 nitrogen and oxygen atoms in total. The molecular weight excluding hydrogens is 168 g/mol. The van der Waals surface area contributed by atoms with Gasteiger partial charge in [-0.2, -0.15) is 0 Å². The number of carbonyl (C=O) groups is 1. The molecule has 3 heteroatoms. The van der Waals surface area contributed by atoms with Crippen molar-refractivity contribution in [3.63, 3.8) is 0 Å². The summed E-state index contributed by atoms with van der Waals surface area (Å²) in [7, 11) is 0. The molecule has 0 bridgehead atoms.